The largest absolute Gasteiger partial charge is 0.508 e. The number of nitrogens with one attached hydrogen (secondary N) is 1. The maximum Gasteiger partial charge on any atom is 0.284 e. The van der Waals surface area contributed by atoms with Crippen molar-refractivity contribution in [1.82, 2.24) is 4.98 Å². The lowest BCUT2D eigenvalue weighted by molar-refractivity contribution is -0.127. The number of amides is 1. The van der Waals surface area contributed by atoms with Crippen LogP contribution in [0.25, 0.3) is 10.6 Å². The zero-order valence-corrected chi connectivity index (χ0v) is 21.2. The summed E-state index contributed by atoms with van der Waals surface area (Å²) < 4.78 is 0. The summed E-state index contributed by atoms with van der Waals surface area (Å²) in [6.07, 6.45) is 1.04. The summed E-state index contributed by atoms with van der Waals surface area (Å²) in [6.45, 7) is 13.8. The molecule has 3 aliphatic carbocycles. The molecule has 7 rings (SSSR count). The van der Waals surface area contributed by atoms with E-state index in [0.29, 0.717) is 23.5 Å². The van der Waals surface area contributed by atoms with E-state index in [1.165, 1.54) is 11.3 Å². The standard InChI is InChI=1S/C31H25N3O2S/c1-19(35)21-14-12-20(13-15-21)16-22-17-37-29(33-22)34-28(36)30(2)18-31(32-3)25-10-6-4-8-23(25)27(30)24-9-5-7-11-26(24)31/h4-15,17,27,35H,1,16,18H2,2H3,(H,33,34,36). The Hall–Kier alpha value is -4.21. The molecule has 1 aromatic heterocycles. The first-order valence-electron chi connectivity index (χ1n) is 12.2. The molecule has 0 spiro atoms. The number of aliphatic hydroxyl groups excluding tert-OH is 1. The Bertz CT molecular complexity index is 1550. The summed E-state index contributed by atoms with van der Waals surface area (Å²) in [5.41, 5.74) is 5.08. The van der Waals surface area contributed by atoms with Gasteiger partial charge in [-0.2, -0.15) is 0 Å². The molecule has 0 radical (unpaired) electrons. The normalized spacial score (nSPS) is 23.0. The molecule has 182 valence electrons. The Kier molecular flexibility index (Phi) is 5.29. The van der Waals surface area contributed by atoms with Crippen LogP contribution in [0.4, 0.5) is 5.13 Å². The summed E-state index contributed by atoms with van der Waals surface area (Å²) in [5.74, 6) is -0.204. The van der Waals surface area contributed by atoms with E-state index in [1.54, 1.807) is 0 Å². The lowest BCUT2D eigenvalue weighted by Gasteiger charge is -2.51. The monoisotopic (exact) mass is 503 g/mol. The van der Waals surface area contributed by atoms with Crippen molar-refractivity contribution in [2.24, 2.45) is 5.41 Å². The summed E-state index contributed by atoms with van der Waals surface area (Å²) >= 11 is 1.41. The van der Waals surface area contributed by atoms with Gasteiger partial charge in [-0.3, -0.25) is 9.64 Å². The lowest BCUT2D eigenvalue weighted by Crippen LogP contribution is -2.53. The number of fused-ring (bicyclic) bond motifs is 1. The fourth-order valence-corrected chi connectivity index (χ4v) is 6.86. The van der Waals surface area contributed by atoms with Gasteiger partial charge in [-0.05, 0) is 23.6 Å². The van der Waals surface area contributed by atoms with E-state index >= 15 is 0 Å². The third-order valence-corrected chi connectivity index (χ3v) is 8.66. The van der Waals surface area contributed by atoms with Crippen molar-refractivity contribution in [1.29, 1.82) is 0 Å². The smallest absolute Gasteiger partial charge is 0.284 e. The highest BCUT2D eigenvalue weighted by Gasteiger charge is 2.64. The minimum absolute atomic E-state index is 0.0420. The first kappa shape index (κ1) is 23.2. The number of benzene rings is 3. The summed E-state index contributed by atoms with van der Waals surface area (Å²) in [5, 5.41) is 15.1. The highest BCUT2D eigenvalue weighted by Crippen LogP contribution is 2.64. The number of carbonyl (C=O) groups is 1. The highest BCUT2D eigenvalue weighted by atomic mass is 32.1. The summed E-state index contributed by atoms with van der Waals surface area (Å²) in [6, 6.07) is 23.7. The molecule has 2 N–H and O–H groups in total. The van der Waals surface area contributed by atoms with Crippen LogP contribution in [0.3, 0.4) is 0 Å². The maximum atomic E-state index is 13.9. The van der Waals surface area contributed by atoms with Gasteiger partial charge >= 0.3 is 0 Å². The van der Waals surface area contributed by atoms with Gasteiger partial charge in [0.05, 0.1) is 11.1 Å². The second kappa shape index (κ2) is 8.43. The van der Waals surface area contributed by atoms with Gasteiger partial charge in [-0.25, -0.2) is 11.6 Å². The number of aliphatic hydroxyl groups is 1. The Morgan fingerprint density at radius 1 is 1.11 bits per heavy atom. The molecule has 1 heterocycles. The second-order valence-corrected chi connectivity index (χ2v) is 11.0. The second-order valence-electron chi connectivity index (χ2n) is 10.1. The van der Waals surface area contributed by atoms with Crippen LogP contribution in [-0.2, 0) is 16.8 Å². The third-order valence-electron chi connectivity index (χ3n) is 7.85. The van der Waals surface area contributed by atoms with Gasteiger partial charge in [-0.15, -0.1) is 11.3 Å². The van der Waals surface area contributed by atoms with Crippen LogP contribution in [0.15, 0.2) is 84.8 Å². The van der Waals surface area contributed by atoms with Gasteiger partial charge in [0.1, 0.15) is 5.76 Å². The summed E-state index contributed by atoms with van der Waals surface area (Å²) in [7, 11) is 0. The minimum Gasteiger partial charge on any atom is -0.508 e. The van der Waals surface area contributed by atoms with Crippen molar-refractivity contribution in [3.8, 4) is 0 Å². The average Bonchev–Trinajstić information content (AvgIpc) is 3.35. The molecule has 1 atom stereocenters. The topological polar surface area (TPSA) is 66.6 Å². The number of hydrogen-bond acceptors (Lipinski definition) is 4. The molecule has 0 aliphatic heterocycles. The van der Waals surface area contributed by atoms with E-state index in [1.807, 2.05) is 73.0 Å². The van der Waals surface area contributed by atoms with E-state index < -0.39 is 11.0 Å². The van der Waals surface area contributed by atoms with Gasteiger partial charge in [0, 0.05) is 40.8 Å². The molecule has 6 heteroatoms. The van der Waals surface area contributed by atoms with E-state index in [9.17, 15) is 9.90 Å². The minimum atomic E-state index is -0.881. The molecule has 0 fully saturated rings. The predicted octanol–water partition coefficient (Wildman–Crippen LogP) is 6.92. The van der Waals surface area contributed by atoms with Crippen molar-refractivity contribution < 1.29 is 9.90 Å². The van der Waals surface area contributed by atoms with E-state index in [2.05, 4.69) is 33.9 Å². The Labute approximate surface area is 220 Å². The number of rotatable bonds is 5. The summed E-state index contributed by atoms with van der Waals surface area (Å²) in [4.78, 5) is 22.8. The van der Waals surface area contributed by atoms with Crippen LogP contribution >= 0.6 is 11.3 Å². The van der Waals surface area contributed by atoms with E-state index in [-0.39, 0.29) is 17.6 Å². The molecule has 5 nitrogen and oxygen atoms in total. The fourth-order valence-electron chi connectivity index (χ4n) is 6.15. The van der Waals surface area contributed by atoms with Gasteiger partial charge in [0.15, 0.2) is 5.13 Å². The third kappa shape index (κ3) is 3.50. The van der Waals surface area contributed by atoms with Crippen LogP contribution < -0.4 is 5.32 Å². The van der Waals surface area contributed by atoms with Gasteiger partial charge in [0.2, 0.25) is 5.91 Å². The first-order valence-corrected chi connectivity index (χ1v) is 13.0. The Balaban J connectivity index is 1.30. The van der Waals surface area contributed by atoms with Crippen LogP contribution in [0.2, 0.25) is 0 Å². The molecule has 2 bridgehead atoms. The molecule has 4 aromatic rings. The zero-order chi connectivity index (χ0) is 25.8. The van der Waals surface area contributed by atoms with Crippen LogP contribution in [0.1, 0.15) is 58.3 Å². The predicted molar refractivity (Wildman–Crippen MR) is 146 cm³/mol. The Morgan fingerprint density at radius 2 is 1.73 bits per heavy atom. The van der Waals surface area contributed by atoms with Crippen molar-refractivity contribution in [2.75, 3.05) is 5.32 Å². The lowest BCUT2D eigenvalue weighted by atomic mass is 9.49. The number of anilines is 1. The molecule has 37 heavy (non-hydrogen) atoms. The highest BCUT2D eigenvalue weighted by molar-refractivity contribution is 7.13. The number of carbonyl (C=O) groups excluding carboxylic acids is 1. The first-order chi connectivity index (χ1) is 17.9. The quantitative estimate of drug-likeness (QED) is 0.229. The van der Waals surface area contributed by atoms with Crippen LogP contribution in [-0.4, -0.2) is 16.0 Å². The molecule has 3 aromatic carbocycles. The fraction of sp³-hybridized carbons (Fsp3) is 0.194. The van der Waals surface area contributed by atoms with Crippen molar-refractivity contribution in [2.45, 2.75) is 31.2 Å². The van der Waals surface area contributed by atoms with Gasteiger partial charge < -0.3 is 10.4 Å². The van der Waals surface area contributed by atoms with E-state index in [0.717, 1.165) is 33.5 Å². The molecule has 0 saturated carbocycles. The number of hydrogen-bond donors (Lipinski definition) is 2. The van der Waals surface area contributed by atoms with Crippen molar-refractivity contribution in [3.63, 3.8) is 0 Å². The maximum absolute atomic E-state index is 13.9. The van der Waals surface area contributed by atoms with Gasteiger partial charge in [0.25, 0.3) is 5.54 Å². The van der Waals surface area contributed by atoms with Gasteiger partial charge in [-0.1, -0.05) is 79.4 Å². The molecule has 0 saturated heterocycles. The Morgan fingerprint density at radius 3 is 2.32 bits per heavy atom. The molecular formula is C31H25N3O2S. The SMILES string of the molecule is [C-]#[N+]C12CC(C)(C(=O)Nc3nc(Cc4ccc(C(=C)O)cc4)cs3)C(c3ccccc31)c1ccccc12. The average molecular weight is 504 g/mol. The number of thiazole rings is 1. The van der Waals surface area contributed by atoms with Crippen molar-refractivity contribution >= 4 is 28.1 Å². The molecular weight excluding hydrogens is 478 g/mol. The van der Waals surface area contributed by atoms with Crippen LogP contribution in [0.5, 0.6) is 0 Å². The van der Waals surface area contributed by atoms with Crippen molar-refractivity contribution in [3.05, 3.63) is 135 Å². The van der Waals surface area contributed by atoms with E-state index in [4.69, 9.17) is 6.57 Å². The molecule has 3 aliphatic rings. The number of nitrogens with zero attached hydrogens (tertiary/aromatic N) is 2. The zero-order valence-electron chi connectivity index (χ0n) is 20.4. The number of aromatic nitrogens is 1. The molecule has 1 unspecified atom stereocenters. The van der Waals surface area contributed by atoms with Crippen LogP contribution in [0, 0.1) is 12.0 Å². The molecule has 1 amide bonds.